The van der Waals surface area contributed by atoms with Crippen LogP contribution < -0.4 is 16.9 Å². The minimum atomic E-state index is -0.0342. The highest BCUT2D eigenvalue weighted by Gasteiger charge is 2.20. The zero-order valence-electron chi connectivity index (χ0n) is 12.2. The van der Waals surface area contributed by atoms with Gasteiger partial charge in [-0.3, -0.25) is 10.2 Å². The zero-order chi connectivity index (χ0) is 15.1. The van der Waals surface area contributed by atoms with Crippen LogP contribution in [0.2, 0.25) is 0 Å². The number of nitrogens with two attached hydrogens (primary N) is 3. The topological polar surface area (TPSA) is 110 Å². The molecule has 0 saturated carbocycles. The number of hydrogen-bond acceptors (Lipinski definition) is 4. The average Bonchev–Trinajstić information content (AvgIpc) is 2.56. The Bertz CT molecular complexity index is 470. The molecule has 0 aromatic heterocycles. The first-order valence-electron chi connectivity index (χ1n) is 6.91. The molecule has 20 heavy (non-hydrogen) atoms. The third-order valence-corrected chi connectivity index (χ3v) is 2.97. The summed E-state index contributed by atoms with van der Waals surface area (Å²) in [5, 5.41) is 5.45. The second-order valence-corrected chi connectivity index (χ2v) is 4.75. The van der Waals surface area contributed by atoms with E-state index >= 15 is 0 Å². The van der Waals surface area contributed by atoms with E-state index in [4.69, 9.17) is 16.9 Å². The van der Waals surface area contributed by atoms with Gasteiger partial charge < -0.3 is 16.4 Å². The van der Waals surface area contributed by atoms with Crippen molar-refractivity contribution in [3.63, 3.8) is 0 Å². The molecular formula is C14H24N5O+. The molecule has 1 heterocycles. The summed E-state index contributed by atoms with van der Waals surface area (Å²) >= 11 is 0. The van der Waals surface area contributed by atoms with E-state index in [0.29, 0.717) is 29.2 Å². The van der Waals surface area contributed by atoms with Crippen molar-refractivity contribution in [3.8, 4) is 0 Å². The molecule has 0 saturated heterocycles. The molecule has 0 fully saturated rings. The van der Waals surface area contributed by atoms with E-state index in [2.05, 4.69) is 4.99 Å². The summed E-state index contributed by atoms with van der Waals surface area (Å²) in [4.78, 5) is 18.5. The lowest BCUT2D eigenvalue weighted by Gasteiger charge is -2.22. The monoisotopic (exact) mass is 278 g/mol. The Hall–Kier alpha value is -2.11. The number of carbonyl (C=O) groups excluding carboxylic acids is 1. The van der Waals surface area contributed by atoms with Crippen LogP contribution in [0, 0.1) is 0 Å². The quantitative estimate of drug-likeness (QED) is 0.560. The Morgan fingerprint density at radius 2 is 2.00 bits per heavy atom. The van der Waals surface area contributed by atoms with Gasteiger partial charge in [0.25, 0.3) is 0 Å². The molecule has 0 spiro atoms. The molecule has 0 bridgehead atoms. The van der Waals surface area contributed by atoms with Crippen LogP contribution in [0.1, 0.15) is 33.1 Å². The number of nitrogens with zero attached hydrogens (tertiary/aromatic N) is 2. The Morgan fingerprint density at radius 3 is 2.50 bits per heavy atom. The largest absolute Gasteiger partial charge is 0.397 e. The first kappa shape index (κ1) is 15.9. The summed E-state index contributed by atoms with van der Waals surface area (Å²) in [6.07, 6.45) is 5.04. The highest BCUT2D eigenvalue weighted by molar-refractivity contribution is 6.01. The maximum absolute atomic E-state index is 12.5. The van der Waals surface area contributed by atoms with Gasteiger partial charge in [-0.25, -0.2) is 4.99 Å². The van der Waals surface area contributed by atoms with Crippen LogP contribution in [-0.2, 0) is 4.79 Å². The molecule has 1 aliphatic rings. The van der Waals surface area contributed by atoms with E-state index in [-0.39, 0.29) is 5.91 Å². The van der Waals surface area contributed by atoms with Crippen LogP contribution in [0.3, 0.4) is 0 Å². The lowest BCUT2D eigenvalue weighted by atomic mass is 10.1. The molecule has 0 unspecified atom stereocenters. The average molecular weight is 278 g/mol. The van der Waals surface area contributed by atoms with Crippen molar-refractivity contribution in [2.75, 3.05) is 13.1 Å². The molecule has 6 nitrogen and oxygen atoms in total. The van der Waals surface area contributed by atoms with Crippen LogP contribution in [-0.4, -0.2) is 35.9 Å². The summed E-state index contributed by atoms with van der Waals surface area (Å²) in [5.41, 5.74) is 13.0. The molecule has 0 atom stereocenters. The third-order valence-electron chi connectivity index (χ3n) is 2.97. The Morgan fingerprint density at radius 1 is 1.40 bits per heavy atom. The molecule has 0 aromatic rings. The molecular weight excluding hydrogens is 254 g/mol. The normalized spacial score (nSPS) is 15.3. The van der Waals surface area contributed by atoms with E-state index in [0.717, 1.165) is 25.9 Å². The fourth-order valence-electron chi connectivity index (χ4n) is 2.10. The van der Waals surface area contributed by atoms with E-state index < -0.39 is 0 Å². The van der Waals surface area contributed by atoms with Crippen LogP contribution in [0.4, 0.5) is 0 Å². The van der Waals surface area contributed by atoms with Gasteiger partial charge in [0.15, 0.2) is 11.9 Å². The summed E-state index contributed by atoms with van der Waals surface area (Å²) in [5.74, 6) is 0.308. The van der Waals surface area contributed by atoms with Gasteiger partial charge >= 0.3 is 0 Å². The van der Waals surface area contributed by atoms with Crippen molar-refractivity contribution in [2.45, 2.75) is 33.1 Å². The SMILES string of the molecule is CCCN(CCC)C(=O)C1=CC(N)=C(C=[NH2+])N=C(N)C1. The fourth-order valence-corrected chi connectivity index (χ4v) is 2.10. The van der Waals surface area contributed by atoms with Crippen LogP contribution in [0.15, 0.2) is 28.0 Å². The number of hydrogen-bond donors (Lipinski definition) is 3. The van der Waals surface area contributed by atoms with Crippen molar-refractivity contribution < 1.29 is 10.2 Å². The van der Waals surface area contributed by atoms with E-state index in [1.807, 2.05) is 18.7 Å². The van der Waals surface area contributed by atoms with Crippen molar-refractivity contribution in [2.24, 2.45) is 16.5 Å². The standard InChI is InChI=1S/C14H23N5O/c1-3-5-19(6-4-2)14(20)10-7-11(16)12(9-15)18-13(17)8-10/h7,9,15H,3-6,8,16H2,1-2H3,(H2,17,18)/p+1. The van der Waals surface area contributed by atoms with Crippen LogP contribution >= 0.6 is 0 Å². The molecule has 1 amide bonds. The fraction of sp³-hybridized carbons (Fsp3) is 0.500. The highest BCUT2D eigenvalue weighted by Crippen LogP contribution is 2.15. The Kier molecular flexibility index (Phi) is 5.96. The van der Waals surface area contributed by atoms with Crippen LogP contribution in [0.25, 0.3) is 0 Å². The van der Waals surface area contributed by atoms with E-state index in [1.165, 1.54) is 6.21 Å². The molecule has 1 rings (SSSR count). The summed E-state index contributed by atoms with van der Waals surface area (Å²) < 4.78 is 0. The Labute approximate surface area is 119 Å². The number of carbonyl (C=O) groups is 1. The molecule has 110 valence electrons. The second-order valence-electron chi connectivity index (χ2n) is 4.75. The molecule has 0 radical (unpaired) electrons. The first-order chi connectivity index (χ1) is 9.53. The molecule has 0 aliphatic carbocycles. The smallest absolute Gasteiger partial charge is 0.250 e. The second kappa shape index (κ2) is 7.47. The molecule has 0 aromatic carbocycles. The number of rotatable bonds is 6. The minimum Gasteiger partial charge on any atom is -0.397 e. The third kappa shape index (κ3) is 3.94. The van der Waals surface area contributed by atoms with E-state index in [9.17, 15) is 4.79 Å². The minimum absolute atomic E-state index is 0.0342. The van der Waals surface area contributed by atoms with Crippen LogP contribution in [0.5, 0.6) is 0 Å². The van der Waals surface area contributed by atoms with Crippen molar-refractivity contribution in [3.05, 3.63) is 23.0 Å². The predicted octanol–water partition coefficient (Wildman–Crippen LogP) is -0.677. The summed E-state index contributed by atoms with van der Waals surface area (Å²) in [6.45, 7) is 5.53. The highest BCUT2D eigenvalue weighted by atomic mass is 16.2. The van der Waals surface area contributed by atoms with Gasteiger partial charge in [0, 0.05) is 25.1 Å². The zero-order valence-corrected chi connectivity index (χ0v) is 12.2. The maximum atomic E-state index is 12.5. The molecule has 6 N–H and O–H groups in total. The lowest BCUT2D eigenvalue weighted by Crippen LogP contribution is -2.34. The summed E-state index contributed by atoms with van der Waals surface area (Å²) in [7, 11) is 0. The first-order valence-corrected chi connectivity index (χ1v) is 6.91. The molecule has 1 aliphatic heterocycles. The van der Waals surface area contributed by atoms with Crippen molar-refractivity contribution in [1.82, 2.24) is 4.90 Å². The van der Waals surface area contributed by atoms with Gasteiger partial charge in [0.2, 0.25) is 5.91 Å². The Balaban J connectivity index is 3.05. The van der Waals surface area contributed by atoms with Gasteiger partial charge in [0.1, 0.15) is 5.84 Å². The lowest BCUT2D eigenvalue weighted by molar-refractivity contribution is -0.127. The van der Waals surface area contributed by atoms with Crippen molar-refractivity contribution in [1.29, 1.82) is 0 Å². The van der Waals surface area contributed by atoms with Gasteiger partial charge in [-0.2, -0.15) is 0 Å². The number of allylic oxidation sites excluding steroid dienone is 2. The van der Waals surface area contributed by atoms with Crippen molar-refractivity contribution >= 4 is 18.0 Å². The maximum Gasteiger partial charge on any atom is 0.250 e. The molecule has 6 heteroatoms. The number of amides is 1. The van der Waals surface area contributed by atoms with Gasteiger partial charge in [-0.15, -0.1) is 0 Å². The van der Waals surface area contributed by atoms with Gasteiger partial charge in [0.05, 0.1) is 5.70 Å². The summed E-state index contributed by atoms with van der Waals surface area (Å²) in [6, 6.07) is 0. The number of amidine groups is 1. The van der Waals surface area contributed by atoms with Gasteiger partial charge in [-0.1, -0.05) is 13.8 Å². The number of aliphatic imine (C=N–C) groups is 1. The predicted molar refractivity (Wildman–Crippen MR) is 80.7 cm³/mol. The van der Waals surface area contributed by atoms with Gasteiger partial charge in [-0.05, 0) is 18.9 Å². The van der Waals surface area contributed by atoms with E-state index in [1.54, 1.807) is 6.08 Å².